The summed E-state index contributed by atoms with van der Waals surface area (Å²) in [6, 6.07) is 0. The maximum atomic E-state index is 10.2. The lowest BCUT2D eigenvalue weighted by Crippen LogP contribution is -2.46. The Bertz CT molecular complexity index is 604. The molecule has 9 heteroatoms. The van der Waals surface area contributed by atoms with Gasteiger partial charge in [-0.15, -0.1) is 0 Å². The van der Waals surface area contributed by atoms with Gasteiger partial charge in [0, 0.05) is 13.1 Å². The van der Waals surface area contributed by atoms with Crippen molar-refractivity contribution < 1.29 is 13.9 Å². The van der Waals surface area contributed by atoms with E-state index in [1.165, 1.54) is 0 Å². The third-order valence-electron chi connectivity index (χ3n) is 3.28. The van der Waals surface area contributed by atoms with E-state index in [-0.39, 0.29) is 5.95 Å². The highest BCUT2D eigenvalue weighted by atomic mass is 19.3. The first kappa shape index (κ1) is 19.0. The van der Waals surface area contributed by atoms with Crippen LogP contribution in [0.2, 0.25) is 0 Å². The van der Waals surface area contributed by atoms with E-state index in [1.54, 1.807) is 6.20 Å². The van der Waals surface area contributed by atoms with Crippen LogP contribution in [0.25, 0.3) is 11.0 Å². The zero-order valence-electron chi connectivity index (χ0n) is 13.7. The number of nitrogen functional groups attached to an aromatic ring is 1. The van der Waals surface area contributed by atoms with Gasteiger partial charge in [0.25, 0.3) is 0 Å². The lowest BCUT2D eigenvalue weighted by molar-refractivity contribution is 0.0448. The Hall–Kier alpha value is -2.03. The van der Waals surface area contributed by atoms with Crippen LogP contribution in [0.1, 0.15) is 33.6 Å². The molecule has 0 radical (unpaired) electrons. The van der Waals surface area contributed by atoms with Crippen LogP contribution in [-0.2, 0) is 0 Å². The molecule has 1 fully saturated rings. The van der Waals surface area contributed by atoms with Gasteiger partial charge in [0.05, 0.1) is 17.2 Å². The highest BCUT2D eigenvalue weighted by molar-refractivity contribution is 5.87. The Kier molecular flexibility index (Phi) is 7.08. The fraction of sp³-hybridized carbons (Fsp3) is 0.643. The van der Waals surface area contributed by atoms with Gasteiger partial charge in [-0.1, -0.05) is 13.8 Å². The number of β-amino-alcohol motifs (C(OH)–C–C–N with tert-alkyl or cyclic N) is 1. The highest BCUT2D eigenvalue weighted by Gasteiger charge is 2.30. The molecule has 1 unspecified atom stereocenters. The number of nitrogens with one attached hydrogen (secondary N) is 1. The Morgan fingerprint density at radius 2 is 2.04 bits per heavy atom. The molecule has 1 atom stereocenters. The number of nitrogens with zero attached hydrogens (tertiary/aromatic N) is 4. The summed E-state index contributed by atoms with van der Waals surface area (Å²) in [5, 5.41) is 17.7. The maximum Gasteiger partial charge on any atom is 0.229 e. The average Bonchev–Trinajstić information content (AvgIpc) is 2.96. The predicted molar refractivity (Wildman–Crippen MR) is 86.6 cm³/mol. The number of aromatic nitrogens is 4. The smallest absolute Gasteiger partial charge is 0.229 e. The van der Waals surface area contributed by atoms with Crippen molar-refractivity contribution in [1.29, 1.82) is 0 Å². The molecule has 0 saturated carbocycles. The van der Waals surface area contributed by atoms with Gasteiger partial charge in [-0.25, -0.2) is 8.78 Å². The van der Waals surface area contributed by atoms with Crippen molar-refractivity contribution in [2.75, 3.05) is 30.7 Å². The molecule has 0 aromatic carbocycles. The Labute approximate surface area is 133 Å². The molecule has 130 valence electrons. The summed E-state index contributed by atoms with van der Waals surface area (Å²) in [5.74, 6) is 0.957. The molecule has 0 spiro atoms. The molecule has 3 rings (SSSR count). The first-order valence-electron chi connectivity index (χ1n) is 7.52. The number of hydrogen-bond donors (Lipinski definition) is 3. The third-order valence-corrected chi connectivity index (χ3v) is 3.28. The van der Waals surface area contributed by atoms with Gasteiger partial charge in [0.15, 0.2) is 5.65 Å². The van der Waals surface area contributed by atoms with Crippen LogP contribution in [0, 0.1) is 0 Å². The quantitative estimate of drug-likeness (QED) is 0.740. The van der Waals surface area contributed by atoms with E-state index in [0.29, 0.717) is 12.2 Å². The highest BCUT2D eigenvalue weighted by Crippen LogP contribution is 2.29. The molecular weight excluding hydrogens is 306 g/mol. The van der Waals surface area contributed by atoms with Crippen molar-refractivity contribution in [2.45, 2.75) is 39.2 Å². The molecule has 0 bridgehead atoms. The predicted octanol–water partition coefficient (Wildman–Crippen LogP) is 2.20. The lowest BCUT2D eigenvalue weighted by atomic mass is 9.95. The number of rotatable bonds is 1. The second kappa shape index (κ2) is 8.56. The minimum Gasteiger partial charge on any atom is -0.388 e. The van der Waals surface area contributed by atoms with Gasteiger partial charge in [0.1, 0.15) is 5.82 Å². The molecule has 0 amide bonds. The fourth-order valence-electron chi connectivity index (χ4n) is 2.48. The van der Waals surface area contributed by atoms with E-state index in [9.17, 15) is 13.9 Å². The number of hydrogen-bond acceptors (Lipinski definition) is 6. The van der Waals surface area contributed by atoms with E-state index in [0.717, 1.165) is 30.6 Å². The number of piperidine rings is 1. The number of H-pyrrole nitrogens is 1. The lowest BCUT2D eigenvalue weighted by Gasteiger charge is -2.37. The van der Waals surface area contributed by atoms with Crippen molar-refractivity contribution in [2.24, 2.45) is 0 Å². The van der Waals surface area contributed by atoms with Gasteiger partial charge in [0.2, 0.25) is 12.9 Å². The van der Waals surface area contributed by atoms with Gasteiger partial charge in [-0.2, -0.15) is 15.1 Å². The van der Waals surface area contributed by atoms with Crippen molar-refractivity contribution in [3.63, 3.8) is 0 Å². The number of alkyl halides is 2. The van der Waals surface area contributed by atoms with E-state index < -0.39 is 12.5 Å². The molecule has 1 aliphatic rings. The standard InChI is InChI=1S/C11H16N6O.C2H6.CH2F2/c1-11(18)3-2-4-17(6-11)9-7-5-13-16-8(7)14-10(12)15-9;1-2;2-1-3/h5,18H,2-4,6H2,1H3,(H3,12,13,14,15,16);1-2H3;1H2. The molecule has 2 aromatic heterocycles. The van der Waals surface area contributed by atoms with E-state index in [2.05, 4.69) is 20.2 Å². The summed E-state index contributed by atoms with van der Waals surface area (Å²) in [6.07, 6.45) is 3.42. The van der Waals surface area contributed by atoms with Crippen LogP contribution < -0.4 is 10.6 Å². The van der Waals surface area contributed by atoms with Gasteiger partial charge >= 0.3 is 0 Å². The number of fused-ring (bicyclic) bond motifs is 1. The summed E-state index contributed by atoms with van der Waals surface area (Å²) in [7, 11) is 0. The molecular formula is C14H24F2N6O. The molecule has 4 N–H and O–H groups in total. The van der Waals surface area contributed by atoms with Crippen molar-refractivity contribution in [1.82, 2.24) is 20.2 Å². The van der Waals surface area contributed by atoms with Crippen LogP contribution in [-0.4, -0.2) is 50.9 Å². The molecule has 2 aromatic rings. The molecule has 1 saturated heterocycles. The van der Waals surface area contributed by atoms with Crippen molar-refractivity contribution in [3.8, 4) is 0 Å². The van der Waals surface area contributed by atoms with E-state index in [4.69, 9.17) is 5.73 Å². The Morgan fingerprint density at radius 3 is 2.65 bits per heavy atom. The number of halogens is 2. The topological polar surface area (TPSA) is 104 Å². The van der Waals surface area contributed by atoms with Gasteiger partial charge in [-0.3, -0.25) is 5.10 Å². The zero-order valence-corrected chi connectivity index (χ0v) is 13.7. The zero-order chi connectivity index (χ0) is 17.5. The fourth-order valence-corrected chi connectivity index (χ4v) is 2.48. The van der Waals surface area contributed by atoms with Gasteiger partial charge < -0.3 is 15.7 Å². The Balaban J connectivity index is 0.000000477. The minimum absolute atomic E-state index is 0.215. The monoisotopic (exact) mass is 330 g/mol. The average molecular weight is 330 g/mol. The van der Waals surface area contributed by atoms with E-state index >= 15 is 0 Å². The number of aromatic amines is 1. The third kappa shape index (κ3) is 4.98. The Morgan fingerprint density at radius 1 is 1.39 bits per heavy atom. The maximum absolute atomic E-state index is 10.2. The summed E-state index contributed by atoms with van der Waals surface area (Å²) < 4.78 is 19.2. The second-order valence-electron chi connectivity index (χ2n) is 5.16. The van der Waals surface area contributed by atoms with Gasteiger partial charge in [-0.05, 0) is 19.8 Å². The number of nitrogens with two attached hydrogens (primary N) is 1. The van der Waals surface area contributed by atoms with Crippen LogP contribution in [0.5, 0.6) is 0 Å². The first-order valence-corrected chi connectivity index (χ1v) is 7.52. The molecule has 3 heterocycles. The summed E-state index contributed by atoms with van der Waals surface area (Å²) in [4.78, 5) is 10.4. The molecule has 1 aliphatic heterocycles. The van der Waals surface area contributed by atoms with E-state index in [1.807, 2.05) is 25.7 Å². The van der Waals surface area contributed by atoms with Crippen LogP contribution in [0.4, 0.5) is 20.5 Å². The van der Waals surface area contributed by atoms with Crippen LogP contribution >= 0.6 is 0 Å². The summed E-state index contributed by atoms with van der Waals surface area (Å²) >= 11 is 0. The number of anilines is 2. The molecule has 0 aliphatic carbocycles. The van der Waals surface area contributed by atoms with Crippen LogP contribution in [0.15, 0.2) is 6.20 Å². The normalized spacial score (nSPS) is 20.3. The SMILES string of the molecule is CC.CC1(O)CCCN(c2nc(N)nc3[nH]ncc23)C1.FCF. The summed E-state index contributed by atoms with van der Waals surface area (Å²) in [6.45, 7) is 5.49. The first-order chi connectivity index (χ1) is 11.0. The van der Waals surface area contributed by atoms with Crippen molar-refractivity contribution >= 4 is 22.8 Å². The molecule has 23 heavy (non-hydrogen) atoms. The van der Waals surface area contributed by atoms with Crippen molar-refractivity contribution in [3.05, 3.63) is 6.20 Å². The minimum atomic E-state index is -1.75. The second-order valence-corrected chi connectivity index (χ2v) is 5.16. The summed E-state index contributed by atoms with van der Waals surface area (Å²) in [5.41, 5.74) is 5.64. The molecule has 7 nitrogen and oxygen atoms in total. The van der Waals surface area contributed by atoms with Crippen LogP contribution in [0.3, 0.4) is 0 Å². The number of aliphatic hydroxyl groups is 1. The largest absolute Gasteiger partial charge is 0.388 e.